The van der Waals surface area contributed by atoms with Crippen molar-refractivity contribution in [1.29, 1.82) is 0 Å². The number of rotatable bonds is 3. The Kier molecular flexibility index (Phi) is 4.02. The number of sulfonamides is 1. The van der Waals surface area contributed by atoms with Crippen molar-refractivity contribution >= 4 is 26.0 Å². The van der Waals surface area contributed by atoms with E-state index in [1.54, 1.807) is 22.5 Å². The highest BCUT2D eigenvalue weighted by Crippen LogP contribution is 2.40. The molecular formula is C14H19BrN2O3S. The van der Waals surface area contributed by atoms with Crippen LogP contribution in [0.1, 0.15) is 12.8 Å². The van der Waals surface area contributed by atoms with Crippen LogP contribution in [0.3, 0.4) is 0 Å². The average Bonchev–Trinajstić information content (AvgIpc) is 3.02. The van der Waals surface area contributed by atoms with Gasteiger partial charge in [-0.25, -0.2) is 8.42 Å². The molecular weight excluding hydrogens is 356 g/mol. The molecule has 2 fully saturated rings. The number of hydrogen-bond acceptors (Lipinski definition) is 4. The Morgan fingerprint density at radius 1 is 1.33 bits per heavy atom. The molecule has 3 unspecified atom stereocenters. The molecule has 2 aliphatic rings. The van der Waals surface area contributed by atoms with Crippen LogP contribution in [0.5, 0.6) is 5.75 Å². The standard InChI is InChI=1S/C14H19BrN2O3S/c1-20-13-5-3-10(15)6-14(13)21(18,19)17-7-9-2-4-12(16)11(9)8-17/h3,5-6,9,11-12H,2,4,7-8,16H2,1H3. The Hall–Kier alpha value is -0.630. The molecule has 1 heterocycles. The quantitative estimate of drug-likeness (QED) is 0.875. The van der Waals surface area contributed by atoms with Gasteiger partial charge in [0.2, 0.25) is 10.0 Å². The molecule has 0 spiro atoms. The lowest BCUT2D eigenvalue weighted by Gasteiger charge is -2.20. The van der Waals surface area contributed by atoms with Gasteiger partial charge in [-0.1, -0.05) is 15.9 Å². The summed E-state index contributed by atoms with van der Waals surface area (Å²) in [5, 5.41) is 0. The molecule has 1 saturated carbocycles. The van der Waals surface area contributed by atoms with Crippen molar-refractivity contribution in [2.24, 2.45) is 17.6 Å². The summed E-state index contributed by atoms with van der Waals surface area (Å²) in [7, 11) is -2.06. The second kappa shape index (κ2) is 5.53. The van der Waals surface area contributed by atoms with Crippen LogP contribution in [0.4, 0.5) is 0 Å². The molecule has 0 radical (unpaired) electrons. The van der Waals surface area contributed by atoms with E-state index in [1.807, 2.05) is 0 Å². The summed E-state index contributed by atoms with van der Waals surface area (Å²) in [5.41, 5.74) is 6.09. The van der Waals surface area contributed by atoms with Crippen molar-refractivity contribution < 1.29 is 13.2 Å². The number of ether oxygens (including phenoxy) is 1. The lowest BCUT2D eigenvalue weighted by Crippen LogP contribution is -2.33. The Bertz CT molecular complexity index is 650. The van der Waals surface area contributed by atoms with E-state index in [0.29, 0.717) is 24.8 Å². The SMILES string of the molecule is COc1ccc(Br)cc1S(=O)(=O)N1CC2CCC(N)C2C1. The van der Waals surface area contributed by atoms with Crippen molar-refractivity contribution in [2.45, 2.75) is 23.8 Å². The Labute approximate surface area is 133 Å². The van der Waals surface area contributed by atoms with Gasteiger partial charge < -0.3 is 10.5 Å². The van der Waals surface area contributed by atoms with Crippen LogP contribution < -0.4 is 10.5 Å². The van der Waals surface area contributed by atoms with Crippen LogP contribution in [0.15, 0.2) is 27.6 Å². The molecule has 1 aromatic carbocycles. The van der Waals surface area contributed by atoms with E-state index >= 15 is 0 Å². The van der Waals surface area contributed by atoms with Crippen molar-refractivity contribution in [3.05, 3.63) is 22.7 Å². The summed E-state index contributed by atoms with van der Waals surface area (Å²) >= 11 is 3.33. The lowest BCUT2D eigenvalue weighted by atomic mass is 9.98. The minimum Gasteiger partial charge on any atom is -0.495 e. The number of hydrogen-bond donors (Lipinski definition) is 1. The fourth-order valence-corrected chi connectivity index (χ4v) is 5.68. The molecule has 5 nitrogen and oxygen atoms in total. The van der Waals surface area contributed by atoms with Crippen LogP contribution in [-0.4, -0.2) is 39.0 Å². The zero-order chi connectivity index (χ0) is 15.2. The number of fused-ring (bicyclic) bond motifs is 1. The second-order valence-corrected chi connectivity index (χ2v) is 8.60. The van der Waals surface area contributed by atoms with Crippen LogP contribution in [-0.2, 0) is 10.0 Å². The van der Waals surface area contributed by atoms with Crippen molar-refractivity contribution in [3.63, 3.8) is 0 Å². The molecule has 2 N–H and O–H groups in total. The van der Waals surface area contributed by atoms with Gasteiger partial charge in [0.25, 0.3) is 0 Å². The van der Waals surface area contributed by atoms with E-state index in [0.717, 1.165) is 17.3 Å². The number of benzene rings is 1. The second-order valence-electron chi connectivity index (χ2n) is 5.78. The molecule has 0 aromatic heterocycles. The molecule has 1 aliphatic heterocycles. The maximum Gasteiger partial charge on any atom is 0.246 e. The first-order chi connectivity index (χ1) is 9.93. The third kappa shape index (κ3) is 2.60. The normalized spacial score (nSPS) is 29.6. The third-order valence-electron chi connectivity index (χ3n) is 4.62. The zero-order valence-corrected chi connectivity index (χ0v) is 14.2. The fraction of sp³-hybridized carbons (Fsp3) is 0.571. The minimum atomic E-state index is -3.55. The molecule has 21 heavy (non-hydrogen) atoms. The molecule has 1 saturated heterocycles. The summed E-state index contributed by atoms with van der Waals surface area (Å²) in [5.74, 6) is 1.06. The fourth-order valence-electron chi connectivity index (χ4n) is 3.45. The topological polar surface area (TPSA) is 72.6 Å². The maximum absolute atomic E-state index is 12.9. The highest BCUT2D eigenvalue weighted by molar-refractivity contribution is 9.10. The summed E-state index contributed by atoms with van der Waals surface area (Å²) in [6, 6.07) is 5.16. The van der Waals surface area contributed by atoms with E-state index < -0.39 is 10.0 Å². The molecule has 7 heteroatoms. The maximum atomic E-state index is 12.9. The number of halogens is 1. The number of methoxy groups -OCH3 is 1. The summed E-state index contributed by atoms with van der Waals surface area (Å²) < 4.78 is 33.3. The molecule has 1 aliphatic carbocycles. The first-order valence-electron chi connectivity index (χ1n) is 7.02. The third-order valence-corrected chi connectivity index (χ3v) is 6.97. The van der Waals surface area contributed by atoms with Gasteiger partial charge in [-0.15, -0.1) is 0 Å². The van der Waals surface area contributed by atoms with Gasteiger partial charge in [-0.2, -0.15) is 4.31 Å². The first-order valence-corrected chi connectivity index (χ1v) is 9.26. The van der Waals surface area contributed by atoms with Crippen molar-refractivity contribution in [1.82, 2.24) is 4.31 Å². The summed E-state index contributed by atoms with van der Waals surface area (Å²) in [6.45, 7) is 1.08. The number of nitrogens with zero attached hydrogens (tertiary/aromatic N) is 1. The van der Waals surface area contributed by atoms with E-state index in [-0.39, 0.29) is 16.9 Å². The van der Waals surface area contributed by atoms with Crippen LogP contribution in [0.2, 0.25) is 0 Å². The highest BCUT2D eigenvalue weighted by Gasteiger charge is 2.45. The molecule has 116 valence electrons. The summed E-state index contributed by atoms with van der Waals surface area (Å²) in [6.07, 6.45) is 2.02. The van der Waals surface area contributed by atoms with Crippen molar-refractivity contribution in [3.8, 4) is 5.75 Å². The van der Waals surface area contributed by atoms with Gasteiger partial charge >= 0.3 is 0 Å². The summed E-state index contributed by atoms with van der Waals surface area (Å²) in [4.78, 5) is 0.216. The molecule has 3 atom stereocenters. The van der Waals surface area contributed by atoms with E-state index in [9.17, 15) is 8.42 Å². The van der Waals surface area contributed by atoms with Gasteiger partial charge in [-0.3, -0.25) is 0 Å². The predicted octanol–water partition coefficient (Wildman–Crippen LogP) is 1.82. The van der Waals surface area contributed by atoms with Gasteiger partial charge in [0.1, 0.15) is 10.6 Å². The molecule has 3 rings (SSSR count). The van der Waals surface area contributed by atoms with Gasteiger partial charge in [0.05, 0.1) is 7.11 Å². The average molecular weight is 375 g/mol. The molecule has 0 amide bonds. The van der Waals surface area contributed by atoms with Crippen LogP contribution in [0.25, 0.3) is 0 Å². The molecule has 1 aromatic rings. The Morgan fingerprint density at radius 3 is 2.76 bits per heavy atom. The van der Waals surface area contributed by atoms with Gasteiger partial charge in [0.15, 0.2) is 0 Å². The minimum absolute atomic E-state index is 0.125. The van der Waals surface area contributed by atoms with Crippen molar-refractivity contribution in [2.75, 3.05) is 20.2 Å². The van der Waals surface area contributed by atoms with Crippen LogP contribution in [0, 0.1) is 11.8 Å². The zero-order valence-electron chi connectivity index (χ0n) is 11.8. The van der Waals surface area contributed by atoms with Crippen LogP contribution >= 0.6 is 15.9 Å². The highest BCUT2D eigenvalue weighted by atomic mass is 79.9. The van der Waals surface area contributed by atoms with E-state index in [4.69, 9.17) is 10.5 Å². The Morgan fingerprint density at radius 2 is 2.10 bits per heavy atom. The number of nitrogens with two attached hydrogens (primary N) is 1. The smallest absolute Gasteiger partial charge is 0.246 e. The lowest BCUT2D eigenvalue weighted by molar-refractivity contribution is 0.394. The largest absolute Gasteiger partial charge is 0.495 e. The van der Waals surface area contributed by atoms with Gasteiger partial charge in [-0.05, 0) is 42.9 Å². The first kappa shape index (κ1) is 15.3. The van der Waals surface area contributed by atoms with E-state index in [2.05, 4.69) is 15.9 Å². The van der Waals surface area contributed by atoms with Gasteiger partial charge in [0, 0.05) is 23.6 Å². The monoisotopic (exact) mass is 374 g/mol. The Balaban J connectivity index is 1.93. The molecule has 0 bridgehead atoms. The van der Waals surface area contributed by atoms with E-state index in [1.165, 1.54) is 7.11 Å². The predicted molar refractivity (Wildman–Crippen MR) is 83.6 cm³/mol.